The fourth-order valence-electron chi connectivity index (χ4n) is 3.28. The minimum Gasteiger partial charge on any atom is -0.378 e. The minimum absolute atomic E-state index is 0.198. The summed E-state index contributed by atoms with van der Waals surface area (Å²) in [7, 11) is 0. The second-order valence-electron chi connectivity index (χ2n) is 6.45. The van der Waals surface area contributed by atoms with Crippen LogP contribution in [0.2, 0.25) is 0 Å². The smallest absolute Gasteiger partial charge is 0.255 e. The molecule has 4 heterocycles. The Morgan fingerprint density at radius 1 is 1.52 bits per heavy atom. The first-order chi connectivity index (χ1) is 11.9. The van der Waals surface area contributed by atoms with Crippen molar-refractivity contribution in [3.05, 3.63) is 28.2 Å². The maximum Gasteiger partial charge on any atom is 0.255 e. The molecule has 2 aromatic heterocycles. The fourth-order valence-corrected chi connectivity index (χ4v) is 5.62. The van der Waals surface area contributed by atoms with Gasteiger partial charge in [-0.05, 0) is 35.7 Å². The number of carbonyl (C=O) groups excluding carboxylic acids is 2. The van der Waals surface area contributed by atoms with Crippen molar-refractivity contribution in [2.45, 2.75) is 42.2 Å². The lowest BCUT2D eigenvalue weighted by Crippen LogP contribution is -2.68. The molecule has 0 bridgehead atoms. The van der Waals surface area contributed by atoms with E-state index in [4.69, 9.17) is 0 Å². The summed E-state index contributed by atoms with van der Waals surface area (Å²) < 4.78 is -0.312. The standard InChI is InChI=1S/C14H16N6O3S2/c1-14(2)9(10-16-18-19-17-10)20-12(23)7(13(20)25-14)15-11(22)8(21)6-4-3-5-24-6/h3-5,7-9,13,21H,1-2H3,(H,15,22)(H,16,17,18,19)/t7?,8?,9?,13-/m0/s1. The first kappa shape index (κ1) is 16.5. The van der Waals surface area contributed by atoms with Crippen LogP contribution in [0.1, 0.15) is 36.7 Å². The molecule has 132 valence electrons. The van der Waals surface area contributed by atoms with E-state index in [1.165, 1.54) is 11.3 Å². The van der Waals surface area contributed by atoms with Gasteiger partial charge in [0.2, 0.25) is 5.91 Å². The number of nitrogens with zero attached hydrogens (tertiary/aromatic N) is 4. The highest BCUT2D eigenvalue weighted by Gasteiger charge is 2.63. The largest absolute Gasteiger partial charge is 0.378 e. The van der Waals surface area contributed by atoms with Gasteiger partial charge in [-0.15, -0.1) is 28.2 Å². The van der Waals surface area contributed by atoms with E-state index >= 15 is 0 Å². The third-order valence-electron chi connectivity index (χ3n) is 4.42. The van der Waals surface area contributed by atoms with Gasteiger partial charge in [0.15, 0.2) is 11.9 Å². The number of nitrogens with one attached hydrogen (secondary N) is 2. The highest BCUT2D eigenvalue weighted by Crippen LogP contribution is 2.56. The summed E-state index contributed by atoms with van der Waals surface area (Å²) in [5, 5.41) is 28.2. The van der Waals surface area contributed by atoms with Crippen molar-refractivity contribution in [2.75, 3.05) is 0 Å². The van der Waals surface area contributed by atoms with Crippen LogP contribution in [-0.2, 0) is 9.59 Å². The number of rotatable bonds is 4. The number of hydrogen-bond donors (Lipinski definition) is 3. The summed E-state index contributed by atoms with van der Waals surface area (Å²) >= 11 is 2.88. The van der Waals surface area contributed by atoms with Crippen LogP contribution in [0.5, 0.6) is 0 Å². The number of thiophene rings is 1. The number of aliphatic hydroxyl groups is 1. The molecule has 9 nitrogen and oxygen atoms in total. The Kier molecular flexibility index (Phi) is 3.81. The number of thioether (sulfide) groups is 1. The highest BCUT2D eigenvalue weighted by molar-refractivity contribution is 8.01. The monoisotopic (exact) mass is 380 g/mol. The van der Waals surface area contributed by atoms with Gasteiger partial charge < -0.3 is 15.3 Å². The van der Waals surface area contributed by atoms with Gasteiger partial charge in [-0.3, -0.25) is 9.59 Å². The van der Waals surface area contributed by atoms with Crippen molar-refractivity contribution in [2.24, 2.45) is 0 Å². The topological polar surface area (TPSA) is 124 Å². The van der Waals surface area contributed by atoms with Crippen LogP contribution in [0.15, 0.2) is 17.5 Å². The molecule has 0 saturated carbocycles. The number of tetrazole rings is 1. The van der Waals surface area contributed by atoms with Crippen LogP contribution < -0.4 is 5.32 Å². The van der Waals surface area contributed by atoms with E-state index < -0.39 is 18.1 Å². The van der Waals surface area contributed by atoms with Gasteiger partial charge in [-0.2, -0.15) is 0 Å². The summed E-state index contributed by atoms with van der Waals surface area (Å²) in [5.41, 5.74) is 0. The van der Waals surface area contributed by atoms with Gasteiger partial charge in [0, 0.05) is 9.62 Å². The Bertz CT molecular complexity index is 794. The van der Waals surface area contributed by atoms with Crippen LogP contribution in [0.3, 0.4) is 0 Å². The first-order valence-corrected chi connectivity index (χ1v) is 9.41. The summed E-state index contributed by atoms with van der Waals surface area (Å²) in [4.78, 5) is 27.1. The van der Waals surface area contributed by atoms with Gasteiger partial charge >= 0.3 is 0 Å². The van der Waals surface area contributed by atoms with Crippen LogP contribution in [0.4, 0.5) is 0 Å². The molecule has 2 aromatic rings. The second kappa shape index (κ2) is 5.78. The van der Waals surface area contributed by atoms with Gasteiger partial charge in [0.25, 0.3) is 5.91 Å². The van der Waals surface area contributed by atoms with Gasteiger partial charge in [0.1, 0.15) is 17.5 Å². The molecule has 2 aliphatic heterocycles. The summed E-state index contributed by atoms with van der Waals surface area (Å²) in [6.45, 7) is 4.02. The molecule has 0 radical (unpaired) electrons. The zero-order chi connectivity index (χ0) is 17.8. The second-order valence-corrected chi connectivity index (χ2v) is 9.20. The van der Waals surface area contributed by atoms with Gasteiger partial charge in [0.05, 0.1) is 0 Å². The van der Waals surface area contributed by atoms with Crippen molar-refractivity contribution in [3.63, 3.8) is 0 Å². The van der Waals surface area contributed by atoms with Gasteiger partial charge in [-0.25, -0.2) is 5.10 Å². The number of aliphatic hydroxyl groups excluding tert-OH is 1. The van der Waals surface area contributed by atoms with Crippen molar-refractivity contribution in [1.82, 2.24) is 30.8 Å². The van der Waals surface area contributed by atoms with Crippen molar-refractivity contribution < 1.29 is 14.7 Å². The first-order valence-electron chi connectivity index (χ1n) is 7.65. The molecule has 0 aromatic carbocycles. The SMILES string of the molecule is CC1(C)S[C@H]2C(NC(=O)C(O)c3cccs3)C(=O)N2C1c1nnn[nH]1. The molecular formula is C14H16N6O3S2. The van der Waals surface area contributed by atoms with E-state index in [1.807, 2.05) is 13.8 Å². The third-order valence-corrected chi connectivity index (χ3v) is 6.92. The van der Waals surface area contributed by atoms with Crippen LogP contribution in [0, 0.1) is 0 Å². The molecule has 0 spiro atoms. The average Bonchev–Trinajstić information content (AvgIpc) is 3.30. The van der Waals surface area contributed by atoms with Crippen LogP contribution in [-0.4, -0.2) is 58.6 Å². The molecule has 2 aliphatic rings. The zero-order valence-corrected chi connectivity index (χ0v) is 15.0. The molecule has 3 unspecified atom stereocenters. The van der Waals surface area contributed by atoms with E-state index in [0.29, 0.717) is 10.7 Å². The van der Waals surface area contributed by atoms with Crippen LogP contribution in [0.25, 0.3) is 0 Å². The van der Waals surface area contributed by atoms with Crippen molar-refractivity contribution >= 4 is 34.9 Å². The molecule has 4 atom stereocenters. The van der Waals surface area contributed by atoms with Crippen molar-refractivity contribution in [1.29, 1.82) is 0 Å². The lowest BCUT2D eigenvalue weighted by atomic mass is 9.95. The summed E-state index contributed by atoms with van der Waals surface area (Å²) in [6, 6.07) is 2.50. The minimum atomic E-state index is -1.27. The maximum absolute atomic E-state index is 12.6. The number of H-pyrrole nitrogens is 1. The number of β-lactam (4-membered cyclic amide) rings is 1. The molecule has 3 N–H and O–H groups in total. The Hall–Kier alpha value is -1.98. The Labute approximate surface area is 151 Å². The molecule has 4 rings (SSSR count). The van der Waals surface area contributed by atoms with Crippen molar-refractivity contribution in [3.8, 4) is 0 Å². The van der Waals surface area contributed by atoms with E-state index in [-0.39, 0.29) is 22.1 Å². The molecule has 2 fully saturated rings. The normalized spacial score (nSPS) is 28.4. The predicted octanol–water partition coefficient (Wildman–Crippen LogP) is 0.214. The number of aromatic amines is 1. The Morgan fingerprint density at radius 3 is 2.96 bits per heavy atom. The third kappa shape index (κ3) is 2.53. The molecule has 25 heavy (non-hydrogen) atoms. The van der Waals surface area contributed by atoms with Crippen LogP contribution >= 0.6 is 23.1 Å². The number of aromatic nitrogens is 4. The maximum atomic E-state index is 12.6. The number of carbonyl (C=O) groups is 2. The predicted molar refractivity (Wildman–Crippen MR) is 90.4 cm³/mol. The lowest BCUT2D eigenvalue weighted by Gasteiger charge is -2.44. The molecule has 11 heteroatoms. The highest BCUT2D eigenvalue weighted by atomic mass is 32.2. The summed E-state index contributed by atoms with van der Waals surface area (Å²) in [5.74, 6) is -0.239. The molecular weight excluding hydrogens is 364 g/mol. The Morgan fingerprint density at radius 2 is 2.32 bits per heavy atom. The van der Waals surface area contributed by atoms with E-state index in [1.54, 1.807) is 34.2 Å². The fraction of sp³-hybridized carbons (Fsp3) is 0.500. The molecule has 2 amide bonds. The number of fused-ring (bicyclic) bond motifs is 1. The van der Waals surface area contributed by atoms with E-state index in [0.717, 1.165) is 0 Å². The van der Waals surface area contributed by atoms with Gasteiger partial charge in [-0.1, -0.05) is 6.07 Å². The Balaban J connectivity index is 1.50. The molecule has 2 saturated heterocycles. The zero-order valence-electron chi connectivity index (χ0n) is 13.4. The lowest BCUT2D eigenvalue weighted by molar-refractivity contribution is -0.153. The molecule has 0 aliphatic carbocycles. The number of amides is 2. The van der Waals surface area contributed by atoms with E-state index in [9.17, 15) is 14.7 Å². The van der Waals surface area contributed by atoms with E-state index in [2.05, 4.69) is 25.9 Å². The average molecular weight is 380 g/mol. The summed E-state index contributed by atoms with van der Waals surface area (Å²) in [6.07, 6.45) is -1.27. The quantitative estimate of drug-likeness (QED) is 0.648. The number of hydrogen-bond acceptors (Lipinski definition) is 8.